The molecule has 2 rings (SSSR count). The van der Waals surface area contributed by atoms with Crippen molar-refractivity contribution in [1.82, 2.24) is 15.1 Å². The highest BCUT2D eigenvalue weighted by atomic mass is 16.1. The molecular formula is C13H26N4O. The molecule has 1 aliphatic heterocycles. The van der Waals surface area contributed by atoms with Gasteiger partial charge in [-0.05, 0) is 26.3 Å². The van der Waals surface area contributed by atoms with E-state index >= 15 is 0 Å². The zero-order valence-corrected chi connectivity index (χ0v) is 11.6. The topological polar surface area (TPSA) is 61.6 Å². The molecule has 1 unspecified atom stereocenters. The summed E-state index contributed by atoms with van der Waals surface area (Å²) in [5.74, 6) is -0.229. The first-order valence-electron chi connectivity index (χ1n) is 7.06. The third-order valence-corrected chi connectivity index (χ3v) is 4.10. The van der Waals surface area contributed by atoms with E-state index in [4.69, 9.17) is 5.73 Å². The lowest BCUT2D eigenvalue weighted by Gasteiger charge is -2.39. The molecule has 1 saturated heterocycles. The van der Waals surface area contributed by atoms with Gasteiger partial charge >= 0.3 is 0 Å². The molecule has 2 fully saturated rings. The molecule has 1 saturated carbocycles. The number of piperazine rings is 1. The predicted molar refractivity (Wildman–Crippen MR) is 72.3 cm³/mol. The van der Waals surface area contributed by atoms with Crippen LogP contribution < -0.4 is 11.1 Å². The van der Waals surface area contributed by atoms with Crippen LogP contribution in [0.15, 0.2) is 0 Å². The van der Waals surface area contributed by atoms with E-state index in [9.17, 15) is 4.79 Å². The second-order valence-corrected chi connectivity index (χ2v) is 5.83. The molecule has 1 heterocycles. The normalized spacial score (nSPS) is 25.9. The Labute approximate surface area is 110 Å². The smallest absolute Gasteiger partial charge is 0.238 e. The molecule has 104 valence electrons. The Morgan fingerprint density at radius 1 is 1.28 bits per heavy atom. The van der Waals surface area contributed by atoms with E-state index in [1.54, 1.807) is 0 Å². The molecule has 0 aromatic rings. The van der Waals surface area contributed by atoms with Crippen LogP contribution in [0.4, 0.5) is 0 Å². The summed E-state index contributed by atoms with van der Waals surface area (Å²) in [5, 5.41) is 3.41. The van der Waals surface area contributed by atoms with Crippen LogP contribution in [-0.2, 0) is 4.79 Å². The third kappa shape index (κ3) is 3.43. The fraction of sp³-hybridized carbons (Fsp3) is 0.923. The minimum absolute atomic E-state index is 0.229. The van der Waals surface area contributed by atoms with Crippen LogP contribution in [0.3, 0.4) is 0 Å². The van der Waals surface area contributed by atoms with E-state index in [-0.39, 0.29) is 5.91 Å². The van der Waals surface area contributed by atoms with Crippen LogP contribution in [0.25, 0.3) is 0 Å². The van der Waals surface area contributed by atoms with Crippen molar-refractivity contribution in [2.75, 3.05) is 39.3 Å². The molecule has 18 heavy (non-hydrogen) atoms. The lowest BCUT2D eigenvalue weighted by Crippen LogP contribution is -2.62. The number of hydrogen-bond donors (Lipinski definition) is 2. The van der Waals surface area contributed by atoms with Gasteiger partial charge in [0.1, 0.15) is 5.54 Å². The van der Waals surface area contributed by atoms with Crippen molar-refractivity contribution < 1.29 is 4.79 Å². The van der Waals surface area contributed by atoms with Crippen LogP contribution in [0.5, 0.6) is 0 Å². The van der Waals surface area contributed by atoms with Crippen molar-refractivity contribution in [1.29, 1.82) is 0 Å². The molecule has 5 heteroatoms. The van der Waals surface area contributed by atoms with Gasteiger partial charge in [-0.15, -0.1) is 0 Å². The summed E-state index contributed by atoms with van der Waals surface area (Å²) < 4.78 is 0. The molecular weight excluding hydrogens is 228 g/mol. The first kappa shape index (κ1) is 13.8. The number of nitrogens with one attached hydrogen (secondary N) is 1. The summed E-state index contributed by atoms with van der Waals surface area (Å²) in [4.78, 5) is 16.5. The summed E-state index contributed by atoms with van der Waals surface area (Å²) in [6, 6.07) is 0.499. The van der Waals surface area contributed by atoms with Gasteiger partial charge in [0.05, 0.1) is 0 Å². The average Bonchev–Trinajstić information content (AvgIpc) is 3.13. The summed E-state index contributed by atoms with van der Waals surface area (Å²) in [5.41, 5.74) is 5.01. The average molecular weight is 254 g/mol. The van der Waals surface area contributed by atoms with Crippen LogP contribution >= 0.6 is 0 Å². The summed E-state index contributed by atoms with van der Waals surface area (Å²) in [7, 11) is 0. The fourth-order valence-electron chi connectivity index (χ4n) is 2.58. The number of nitrogens with two attached hydrogens (primary N) is 1. The number of carbonyl (C=O) groups is 1. The van der Waals surface area contributed by atoms with E-state index < -0.39 is 5.54 Å². The Morgan fingerprint density at radius 2 is 1.83 bits per heavy atom. The van der Waals surface area contributed by atoms with Crippen LogP contribution in [0.2, 0.25) is 0 Å². The van der Waals surface area contributed by atoms with Gasteiger partial charge in [0.15, 0.2) is 0 Å². The summed E-state index contributed by atoms with van der Waals surface area (Å²) in [6.45, 7) is 10.2. The van der Waals surface area contributed by atoms with Crippen molar-refractivity contribution in [2.45, 2.75) is 38.3 Å². The molecule has 1 atom stereocenters. The van der Waals surface area contributed by atoms with E-state index in [0.717, 1.165) is 39.3 Å². The summed E-state index contributed by atoms with van der Waals surface area (Å²) >= 11 is 0. The van der Waals surface area contributed by atoms with Gasteiger partial charge in [0.2, 0.25) is 5.91 Å². The molecule has 5 nitrogen and oxygen atoms in total. The van der Waals surface area contributed by atoms with Crippen molar-refractivity contribution in [3.05, 3.63) is 0 Å². The predicted octanol–water partition coefficient (Wildman–Crippen LogP) is -0.380. The zero-order valence-electron chi connectivity index (χ0n) is 11.6. The van der Waals surface area contributed by atoms with E-state index in [0.29, 0.717) is 6.04 Å². The van der Waals surface area contributed by atoms with E-state index in [2.05, 4.69) is 22.0 Å². The summed E-state index contributed by atoms with van der Waals surface area (Å²) in [6.07, 6.45) is 2.35. The molecule has 1 aliphatic carbocycles. The minimum Gasteiger partial charge on any atom is -0.368 e. The zero-order chi connectivity index (χ0) is 13.2. The second-order valence-electron chi connectivity index (χ2n) is 5.83. The highest BCUT2D eigenvalue weighted by Gasteiger charge is 2.38. The number of likely N-dealkylation sites (N-methyl/N-ethyl adjacent to an activating group) is 1. The maximum Gasteiger partial charge on any atom is 0.238 e. The van der Waals surface area contributed by atoms with Crippen LogP contribution in [-0.4, -0.2) is 66.6 Å². The Bertz CT molecular complexity index is 297. The number of primary amides is 1. The van der Waals surface area contributed by atoms with Crippen molar-refractivity contribution in [3.63, 3.8) is 0 Å². The molecule has 3 N–H and O–H groups in total. The Morgan fingerprint density at radius 3 is 2.28 bits per heavy atom. The van der Waals surface area contributed by atoms with Crippen molar-refractivity contribution >= 4 is 5.91 Å². The molecule has 0 aromatic carbocycles. The molecule has 0 bridgehead atoms. The Balaban J connectivity index is 1.86. The van der Waals surface area contributed by atoms with Crippen molar-refractivity contribution in [3.8, 4) is 0 Å². The largest absolute Gasteiger partial charge is 0.368 e. The first-order valence-corrected chi connectivity index (χ1v) is 7.06. The maximum atomic E-state index is 11.7. The van der Waals surface area contributed by atoms with Gasteiger partial charge in [-0.1, -0.05) is 6.92 Å². The minimum atomic E-state index is -0.574. The van der Waals surface area contributed by atoms with Gasteiger partial charge < -0.3 is 10.6 Å². The highest BCUT2D eigenvalue weighted by molar-refractivity contribution is 5.84. The van der Waals surface area contributed by atoms with E-state index in [1.165, 1.54) is 12.8 Å². The SMILES string of the molecule is CCN1CCN(CC(C)(NC2CC2)C(N)=O)CC1. The van der Waals surface area contributed by atoms with Crippen LogP contribution in [0, 0.1) is 0 Å². The van der Waals surface area contributed by atoms with Gasteiger partial charge in [-0.2, -0.15) is 0 Å². The van der Waals surface area contributed by atoms with E-state index in [1.807, 2.05) is 6.92 Å². The van der Waals surface area contributed by atoms with Gasteiger partial charge in [-0.3, -0.25) is 15.0 Å². The molecule has 0 radical (unpaired) electrons. The highest BCUT2D eigenvalue weighted by Crippen LogP contribution is 2.23. The molecule has 1 amide bonds. The molecule has 0 aromatic heterocycles. The molecule has 0 spiro atoms. The van der Waals surface area contributed by atoms with Crippen molar-refractivity contribution in [2.24, 2.45) is 5.73 Å². The Hall–Kier alpha value is -0.650. The number of rotatable bonds is 6. The number of carbonyl (C=O) groups excluding carboxylic acids is 1. The lowest BCUT2D eigenvalue weighted by atomic mass is 10.00. The monoisotopic (exact) mass is 254 g/mol. The van der Waals surface area contributed by atoms with Gasteiger partial charge in [0, 0.05) is 38.8 Å². The Kier molecular flexibility index (Phi) is 4.25. The van der Waals surface area contributed by atoms with Crippen LogP contribution in [0.1, 0.15) is 26.7 Å². The number of nitrogens with zero attached hydrogens (tertiary/aromatic N) is 2. The number of amides is 1. The fourth-order valence-corrected chi connectivity index (χ4v) is 2.58. The standard InChI is InChI=1S/C13H26N4O/c1-3-16-6-8-17(9-7-16)10-13(2,12(14)18)15-11-4-5-11/h11,15H,3-10H2,1-2H3,(H2,14,18). The third-order valence-electron chi connectivity index (χ3n) is 4.10. The first-order chi connectivity index (χ1) is 8.53. The van der Waals surface area contributed by atoms with Gasteiger partial charge in [-0.25, -0.2) is 0 Å². The van der Waals surface area contributed by atoms with Gasteiger partial charge in [0.25, 0.3) is 0 Å². The quantitative estimate of drug-likeness (QED) is 0.678. The second kappa shape index (κ2) is 5.55. The maximum absolute atomic E-state index is 11.7. The number of hydrogen-bond acceptors (Lipinski definition) is 4. The molecule has 2 aliphatic rings. The lowest BCUT2D eigenvalue weighted by molar-refractivity contribution is -0.124.